The van der Waals surface area contributed by atoms with Gasteiger partial charge in [0.05, 0.1) is 0 Å². The van der Waals surface area contributed by atoms with Crippen molar-refractivity contribution < 1.29 is 18.6 Å². The SMILES string of the molecule is C=C(C)C(=O)OC(CCC)(CCC)COP=O. The van der Waals surface area contributed by atoms with Crippen molar-refractivity contribution in [1.82, 2.24) is 0 Å². The van der Waals surface area contributed by atoms with Crippen molar-refractivity contribution in [2.75, 3.05) is 6.61 Å². The molecule has 0 saturated carbocycles. The zero-order chi connectivity index (χ0) is 13.3. The van der Waals surface area contributed by atoms with Crippen molar-refractivity contribution in [2.45, 2.75) is 52.1 Å². The highest BCUT2D eigenvalue weighted by Gasteiger charge is 2.33. The first-order chi connectivity index (χ1) is 8.01. The van der Waals surface area contributed by atoms with E-state index in [9.17, 15) is 9.36 Å². The van der Waals surface area contributed by atoms with E-state index in [0.29, 0.717) is 18.4 Å². The Morgan fingerprint density at radius 1 is 1.29 bits per heavy atom. The predicted octanol–water partition coefficient (Wildman–Crippen LogP) is 3.67. The minimum Gasteiger partial charge on any atom is -0.453 e. The minimum absolute atomic E-state index is 0.152. The summed E-state index contributed by atoms with van der Waals surface area (Å²) in [6.07, 6.45) is 3.11. The van der Waals surface area contributed by atoms with Gasteiger partial charge in [0.2, 0.25) is 0 Å². The molecule has 0 aliphatic carbocycles. The molecule has 0 amide bonds. The molecule has 0 aromatic carbocycles. The van der Waals surface area contributed by atoms with E-state index in [-0.39, 0.29) is 6.61 Å². The van der Waals surface area contributed by atoms with Crippen molar-refractivity contribution in [1.29, 1.82) is 0 Å². The third-order valence-corrected chi connectivity index (χ3v) is 2.68. The number of hydrogen-bond acceptors (Lipinski definition) is 4. The molecule has 0 rings (SSSR count). The molecule has 98 valence electrons. The monoisotopic (exact) mass is 260 g/mol. The van der Waals surface area contributed by atoms with Gasteiger partial charge < -0.3 is 4.74 Å². The summed E-state index contributed by atoms with van der Waals surface area (Å²) < 4.78 is 20.8. The van der Waals surface area contributed by atoms with Crippen LogP contribution in [0.3, 0.4) is 0 Å². The van der Waals surface area contributed by atoms with E-state index in [2.05, 4.69) is 6.58 Å². The molecule has 0 fully saturated rings. The number of rotatable bonds is 9. The molecular formula is C12H21O4P. The maximum absolute atomic E-state index is 11.6. The summed E-state index contributed by atoms with van der Waals surface area (Å²) in [5.74, 6) is -0.418. The zero-order valence-corrected chi connectivity index (χ0v) is 11.7. The third-order valence-electron chi connectivity index (χ3n) is 2.45. The number of esters is 1. The number of carbonyl (C=O) groups is 1. The Hall–Kier alpha value is -0.730. The highest BCUT2D eigenvalue weighted by molar-refractivity contribution is 7.17. The summed E-state index contributed by atoms with van der Waals surface area (Å²) in [5.41, 5.74) is -0.321. The quantitative estimate of drug-likeness (QED) is 0.360. The van der Waals surface area contributed by atoms with Gasteiger partial charge in [-0.2, -0.15) is 0 Å². The molecule has 0 aliphatic heterocycles. The Balaban J connectivity index is 4.79. The summed E-state index contributed by atoms with van der Waals surface area (Å²) in [6, 6.07) is 0. The van der Waals surface area contributed by atoms with Crippen LogP contribution in [-0.2, 0) is 18.6 Å². The fourth-order valence-electron chi connectivity index (χ4n) is 1.74. The molecule has 0 bridgehead atoms. The van der Waals surface area contributed by atoms with Gasteiger partial charge in [0.15, 0.2) is 0 Å². The molecule has 4 nitrogen and oxygen atoms in total. The smallest absolute Gasteiger partial charge is 0.333 e. The van der Waals surface area contributed by atoms with Crippen LogP contribution < -0.4 is 0 Å². The molecular weight excluding hydrogens is 239 g/mol. The second kappa shape index (κ2) is 8.37. The molecule has 0 N–H and O–H groups in total. The molecule has 0 aliphatic rings. The van der Waals surface area contributed by atoms with Gasteiger partial charge >= 0.3 is 14.7 Å². The van der Waals surface area contributed by atoms with E-state index in [1.807, 2.05) is 13.8 Å². The highest BCUT2D eigenvalue weighted by Crippen LogP contribution is 2.27. The summed E-state index contributed by atoms with van der Waals surface area (Å²) >= 11 is 0. The fourth-order valence-corrected chi connectivity index (χ4v) is 2.03. The molecule has 0 spiro atoms. The average molecular weight is 260 g/mol. The maximum atomic E-state index is 11.6. The van der Waals surface area contributed by atoms with Gasteiger partial charge in [0.25, 0.3) is 0 Å². The predicted molar refractivity (Wildman–Crippen MR) is 67.0 cm³/mol. The van der Waals surface area contributed by atoms with Gasteiger partial charge in [-0.25, -0.2) is 9.36 Å². The van der Waals surface area contributed by atoms with Crippen molar-refractivity contribution in [3.8, 4) is 0 Å². The lowest BCUT2D eigenvalue weighted by Crippen LogP contribution is -2.39. The van der Waals surface area contributed by atoms with Gasteiger partial charge in [-0.15, -0.1) is 0 Å². The molecule has 0 heterocycles. The Morgan fingerprint density at radius 2 is 1.82 bits per heavy atom. The lowest BCUT2D eigenvalue weighted by molar-refractivity contribution is -0.160. The minimum atomic E-state index is -0.684. The molecule has 0 atom stereocenters. The van der Waals surface area contributed by atoms with E-state index in [0.717, 1.165) is 12.8 Å². The standard InChI is InChI=1S/C12H21O4P/c1-5-7-12(8-6-2,9-15-17-14)16-11(13)10(3)4/h3,5-9H2,1-2,4H3. The zero-order valence-electron chi connectivity index (χ0n) is 10.8. The van der Waals surface area contributed by atoms with E-state index >= 15 is 0 Å². The van der Waals surface area contributed by atoms with E-state index in [1.54, 1.807) is 6.92 Å². The Morgan fingerprint density at radius 3 is 2.18 bits per heavy atom. The van der Waals surface area contributed by atoms with Crippen LogP contribution in [0, 0.1) is 0 Å². The van der Waals surface area contributed by atoms with Gasteiger partial charge in [-0.1, -0.05) is 33.3 Å². The van der Waals surface area contributed by atoms with Crippen LogP contribution >= 0.6 is 8.69 Å². The van der Waals surface area contributed by atoms with Gasteiger partial charge in [-0.05, 0) is 19.8 Å². The van der Waals surface area contributed by atoms with Crippen molar-refractivity contribution >= 4 is 14.7 Å². The van der Waals surface area contributed by atoms with Crippen LogP contribution in [0.2, 0.25) is 0 Å². The number of ether oxygens (including phenoxy) is 1. The van der Waals surface area contributed by atoms with Crippen LogP contribution in [0.5, 0.6) is 0 Å². The van der Waals surface area contributed by atoms with Crippen LogP contribution in [0.15, 0.2) is 12.2 Å². The fraction of sp³-hybridized carbons (Fsp3) is 0.750. The van der Waals surface area contributed by atoms with E-state index in [1.165, 1.54) is 0 Å². The van der Waals surface area contributed by atoms with Crippen LogP contribution in [0.1, 0.15) is 46.5 Å². The van der Waals surface area contributed by atoms with Crippen molar-refractivity contribution in [3.63, 3.8) is 0 Å². The van der Waals surface area contributed by atoms with E-state index in [4.69, 9.17) is 9.26 Å². The molecule has 0 aromatic rings. The lowest BCUT2D eigenvalue weighted by atomic mass is 9.93. The first-order valence-corrected chi connectivity index (χ1v) is 6.57. The van der Waals surface area contributed by atoms with Gasteiger partial charge in [0.1, 0.15) is 12.2 Å². The van der Waals surface area contributed by atoms with Crippen LogP contribution in [0.4, 0.5) is 0 Å². The second-order valence-corrected chi connectivity index (χ2v) is 4.61. The first-order valence-electron chi connectivity index (χ1n) is 5.84. The second-order valence-electron chi connectivity index (χ2n) is 4.20. The normalized spacial score (nSPS) is 11.5. The molecule has 17 heavy (non-hydrogen) atoms. The summed E-state index contributed by atoms with van der Waals surface area (Å²) in [7, 11) is -0.390. The Labute approximate surface area is 105 Å². The first kappa shape index (κ1) is 16.3. The Kier molecular flexibility index (Phi) is 8.01. The summed E-state index contributed by atoms with van der Waals surface area (Å²) in [5, 5.41) is 0. The maximum Gasteiger partial charge on any atom is 0.333 e. The van der Waals surface area contributed by atoms with Gasteiger partial charge in [-0.3, -0.25) is 4.52 Å². The molecule has 0 aromatic heterocycles. The molecule has 0 saturated heterocycles. The van der Waals surface area contributed by atoms with Crippen LogP contribution in [-0.4, -0.2) is 18.2 Å². The van der Waals surface area contributed by atoms with Crippen LogP contribution in [0.25, 0.3) is 0 Å². The lowest BCUT2D eigenvalue weighted by Gasteiger charge is -2.32. The molecule has 0 radical (unpaired) electrons. The number of hydrogen-bond donors (Lipinski definition) is 0. The summed E-state index contributed by atoms with van der Waals surface area (Å²) in [6.45, 7) is 9.34. The number of carbonyl (C=O) groups excluding carboxylic acids is 1. The Bertz CT molecular complexity index is 270. The molecule has 0 unspecified atom stereocenters. The van der Waals surface area contributed by atoms with Gasteiger partial charge in [0, 0.05) is 5.57 Å². The molecule has 5 heteroatoms. The van der Waals surface area contributed by atoms with E-state index < -0.39 is 20.3 Å². The highest BCUT2D eigenvalue weighted by atomic mass is 31.1. The summed E-state index contributed by atoms with van der Waals surface area (Å²) in [4.78, 5) is 11.6. The topological polar surface area (TPSA) is 52.6 Å². The van der Waals surface area contributed by atoms with Crippen molar-refractivity contribution in [2.24, 2.45) is 0 Å². The average Bonchev–Trinajstić information content (AvgIpc) is 2.27. The third kappa shape index (κ3) is 5.94. The largest absolute Gasteiger partial charge is 0.453 e. The van der Waals surface area contributed by atoms with Crippen molar-refractivity contribution in [3.05, 3.63) is 12.2 Å².